The summed E-state index contributed by atoms with van der Waals surface area (Å²) in [5.41, 5.74) is 1.03. The highest BCUT2D eigenvalue weighted by Gasteiger charge is 2.12. The van der Waals surface area contributed by atoms with Crippen LogP contribution in [0.3, 0.4) is 0 Å². The number of carbonyl (C=O) groups is 1. The molecule has 18 heavy (non-hydrogen) atoms. The van der Waals surface area contributed by atoms with Crippen molar-refractivity contribution < 1.29 is 13.9 Å². The Bertz CT molecular complexity index is 708. The number of rotatable bonds is 2. The number of furan rings is 1. The van der Waals surface area contributed by atoms with Crippen molar-refractivity contribution in [2.45, 2.75) is 0 Å². The van der Waals surface area contributed by atoms with Gasteiger partial charge in [0.05, 0.1) is 12.6 Å². The molecule has 1 aromatic carbocycles. The van der Waals surface area contributed by atoms with E-state index in [2.05, 4.69) is 4.74 Å². The first-order valence-electron chi connectivity index (χ1n) is 5.54. The molecule has 0 saturated carbocycles. The van der Waals surface area contributed by atoms with Crippen molar-refractivity contribution in [1.82, 2.24) is 4.57 Å². The number of esters is 1. The molecule has 0 aliphatic heterocycles. The first kappa shape index (κ1) is 10.7. The Labute approximate surface area is 103 Å². The third-order valence-corrected chi connectivity index (χ3v) is 2.82. The molecule has 0 radical (unpaired) electrons. The number of benzene rings is 1. The maximum atomic E-state index is 11.3. The number of para-hydroxylation sites is 1. The first-order valence-corrected chi connectivity index (χ1v) is 5.54. The maximum Gasteiger partial charge on any atom is 0.374 e. The molecule has 90 valence electrons. The van der Waals surface area contributed by atoms with Crippen LogP contribution in [0.5, 0.6) is 0 Å². The molecule has 0 aliphatic rings. The van der Waals surface area contributed by atoms with Crippen LogP contribution in [0, 0.1) is 0 Å². The highest BCUT2D eigenvalue weighted by molar-refractivity contribution is 5.87. The normalized spacial score (nSPS) is 10.7. The minimum atomic E-state index is -0.474. The molecule has 0 unspecified atom stereocenters. The number of ether oxygens (including phenoxy) is 1. The van der Waals surface area contributed by atoms with Crippen molar-refractivity contribution in [3.05, 3.63) is 54.4 Å². The number of fused-ring (bicyclic) bond motifs is 1. The fourth-order valence-corrected chi connectivity index (χ4v) is 1.94. The van der Waals surface area contributed by atoms with Gasteiger partial charge in [0.15, 0.2) is 0 Å². The van der Waals surface area contributed by atoms with Crippen LogP contribution in [0.25, 0.3) is 16.8 Å². The molecule has 3 aromatic rings. The van der Waals surface area contributed by atoms with Crippen molar-refractivity contribution in [1.29, 1.82) is 0 Å². The second-order valence-electron chi connectivity index (χ2n) is 3.87. The molecule has 0 spiro atoms. The van der Waals surface area contributed by atoms with Gasteiger partial charge in [-0.25, -0.2) is 4.79 Å². The predicted molar refractivity (Wildman–Crippen MR) is 66.9 cm³/mol. The fourth-order valence-electron chi connectivity index (χ4n) is 1.94. The standard InChI is InChI=1S/C14H11NO3/c1-17-14(16)12-6-7-13(18-12)15-9-8-10-4-2-3-5-11(10)15/h2-9H,1H3. The lowest BCUT2D eigenvalue weighted by Crippen LogP contribution is -1.98. The zero-order chi connectivity index (χ0) is 12.5. The molecule has 0 aliphatic carbocycles. The Balaban J connectivity index is 2.09. The van der Waals surface area contributed by atoms with Gasteiger partial charge in [0.1, 0.15) is 0 Å². The van der Waals surface area contributed by atoms with Crippen LogP contribution < -0.4 is 0 Å². The molecule has 0 atom stereocenters. The van der Waals surface area contributed by atoms with Gasteiger partial charge in [0.2, 0.25) is 11.6 Å². The number of aromatic nitrogens is 1. The van der Waals surface area contributed by atoms with Gasteiger partial charge in [-0.2, -0.15) is 0 Å². The third-order valence-electron chi connectivity index (χ3n) is 2.82. The summed E-state index contributed by atoms with van der Waals surface area (Å²) in [4.78, 5) is 11.3. The number of hydrogen-bond acceptors (Lipinski definition) is 3. The van der Waals surface area contributed by atoms with Crippen LogP contribution in [0.1, 0.15) is 10.6 Å². The zero-order valence-electron chi connectivity index (χ0n) is 9.79. The van der Waals surface area contributed by atoms with E-state index in [1.165, 1.54) is 7.11 Å². The summed E-state index contributed by atoms with van der Waals surface area (Å²) in [7, 11) is 1.33. The topological polar surface area (TPSA) is 44.4 Å². The lowest BCUT2D eigenvalue weighted by Gasteiger charge is -2.00. The highest BCUT2D eigenvalue weighted by atomic mass is 16.5. The van der Waals surface area contributed by atoms with Crippen molar-refractivity contribution in [3.63, 3.8) is 0 Å². The summed E-state index contributed by atoms with van der Waals surface area (Å²) in [5, 5.41) is 1.12. The van der Waals surface area contributed by atoms with Gasteiger partial charge >= 0.3 is 5.97 Å². The molecule has 0 amide bonds. The summed E-state index contributed by atoms with van der Waals surface area (Å²) in [6.07, 6.45) is 1.91. The largest absolute Gasteiger partial charge is 0.463 e. The van der Waals surface area contributed by atoms with Gasteiger partial charge in [0.25, 0.3) is 0 Å². The number of nitrogens with zero attached hydrogens (tertiary/aromatic N) is 1. The molecule has 2 aromatic heterocycles. The zero-order valence-corrected chi connectivity index (χ0v) is 9.79. The molecule has 0 saturated heterocycles. The van der Waals surface area contributed by atoms with E-state index in [4.69, 9.17) is 4.42 Å². The summed E-state index contributed by atoms with van der Waals surface area (Å²) < 4.78 is 12.0. The number of carbonyl (C=O) groups excluding carboxylic acids is 1. The molecule has 0 fully saturated rings. The van der Waals surface area contributed by atoms with E-state index in [1.807, 2.05) is 41.1 Å². The minimum Gasteiger partial charge on any atom is -0.463 e. The molecule has 0 bridgehead atoms. The maximum absolute atomic E-state index is 11.3. The molecule has 4 heteroatoms. The van der Waals surface area contributed by atoms with Gasteiger partial charge < -0.3 is 9.15 Å². The monoisotopic (exact) mass is 241 g/mol. The third kappa shape index (κ3) is 1.59. The Kier molecular flexibility index (Phi) is 2.41. The second-order valence-corrected chi connectivity index (χ2v) is 3.87. The predicted octanol–water partition coefficient (Wildman–Crippen LogP) is 3.01. The van der Waals surface area contributed by atoms with E-state index in [9.17, 15) is 4.79 Å². The summed E-state index contributed by atoms with van der Waals surface area (Å²) in [6, 6.07) is 13.3. The Morgan fingerprint density at radius 3 is 2.83 bits per heavy atom. The van der Waals surface area contributed by atoms with Gasteiger partial charge in [-0.3, -0.25) is 4.57 Å². The van der Waals surface area contributed by atoms with Crippen LogP contribution >= 0.6 is 0 Å². The van der Waals surface area contributed by atoms with Gasteiger partial charge in [-0.15, -0.1) is 0 Å². The van der Waals surface area contributed by atoms with E-state index >= 15 is 0 Å². The molecule has 0 N–H and O–H groups in total. The second kappa shape index (κ2) is 4.07. The molecule has 4 nitrogen and oxygen atoms in total. The van der Waals surface area contributed by atoms with E-state index in [0.717, 1.165) is 10.9 Å². The SMILES string of the molecule is COC(=O)c1ccc(-n2ccc3ccccc32)o1. The average Bonchev–Trinajstić information content (AvgIpc) is 3.03. The highest BCUT2D eigenvalue weighted by Crippen LogP contribution is 2.21. The van der Waals surface area contributed by atoms with Gasteiger partial charge in [-0.05, 0) is 18.2 Å². The Morgan fingerprint density at radius 2 is 2.00 bits per heavy atom. The van der Waals surface area contributed by atoms with Gasteiger partial charge in [0, 0.05) is 17.6 Å². The van der Waals surface area contributed by atoms with Crippen LogP contribution in [0.2, 0.25) is 0 Å². The summed E-state index contributed by atoms with van der Waals surface area (Å²) in [6.45, 7) is 0. The Hall–Kier alpha value is -2.49. The lowest BCUT2D eigenvalue weighted by atomic mass is 10.2. The van der Waals surface area contributed by atoms with Crippen LogP contribution in [-0.4, -0.2) is 17.6 Å². The van der Waals surface area contributed by atoms with E-state index < -0.39 is 5.97 Å². The molecule has 2 heterocycles. The summed E-state index contributed by atoms with van der Waals surface area (Å²) >= 11 is 0. The van der Waals surface area contributed by atoms with Crippen molar-refractivity contribution in [3.8, 4) is 5.88 Å². The van der Waals surface area contributed by atoms with E-state index in [-0.39, 0.29) is 5.76 Å². The Morgan fingerprint density at radius 1 is 1.17 bits per heavy atom. The smallest absolute Gasteiger partial charge is 0.374 e. The quantitative estimate of drug-likeness (QED) is 0.648. The van der Waals surface area contributed by atoms with Crippen molar-refractivity contribution >= 4 is 16.9 Å². The van der Waals surface area contributed by atoms with Crippen molar-refractivity contribution in [2.75, 3.05) is 7.11 Å². The molecule has 3 rings (SSSR count). The summed E-state index contributed by atoms with van der Waals surface area (Å²) in [5.74, 6) is 0.319. The van der Waals surface area contributed by atoms with E-state index in [1.54, 1.807) is 12.1 Å². The van der Waals surface area contributed by atoms with Crippen LogP contribution in [-0.2, 0) is 4.74 Å². The van der Waals surface area contributed by atoms with Crippen LogP contribution in [0.15, 0.2) is 53.1 Å². The van der Waals surface area contributed by atoms with Crippen LogP contribution in [0.4, 0.5) is 0 Å². The molecular weight excluding hydrogens is 230 g/mol. The lowest BCUT2D eigenvalue weighted by molar-refractivity contribution is 0.0565. The van der Waals surface area contributed by atoms with Gasteiger partial charge in [-0.1, -0.05) is 18.2 Å². The van der Waals surface area contributed by atoms with E-state index in [0.29, 0.717) is 5.88 Å². The fraction of sp³-hybridized carbons (Fsp3) is 0.0714. The first-order chi connectivity index (χ1) is 8.79. The average molecular weight is 241 g/mol. The minimum absolute atomic E-state index is 0.199. The number of hydrogen-bond donors (Lipinski definition) is 0. The van der Waals surface area contributed by atoms with Crippen molar-refractivity contribution in [2.24, 2.45) is 0 Å². The number of methoxy groups -OCH3 is 1. The molecular formula is C14H11NO3.